The molecule has 0 unspecified atom stereocenters. The lowest BCUT2D eigenvalue weighted by atomic mass is 10.3. The van der Waals surface area contributed by atoms with E-state index < -0.39 is 5.97 Å². The van der Waals surface area contributed by atoms with E-state index in [-0.39, 0.29) is 5.69 Å². The van der Waals surface area contributed by atoms with Gasteiger partial charge in [0.05, 0.1) is 29.4 Å². The summed E-state index contributed by atoms with van der Waals surface area (Å²) in [6.45, 7) is 2.22. The van der Waals surface area contributed by atoms with Gasteiger partial charge in [0.2, 0.25) is 0 Å². The number of aromatic nitrogens is 4. The Morgan fingerprint density at radius 2 is 2.09 bits per heavy atom. The maximum atomic E-state index is 11.7. The lowest BCUT2D eigenvalue weighted by Gasteiger charge is -2.08. The molecule has 0 fully saturated rings. The molecule has 0 aromatic carbocycles. The summed E-state index contributed by atoms with van der Waals surface area (Å²) in [5.41, 5.74) is 2.11. The number of carbonyl (C=O) groups excluding carboxylic acids is 1. The molecule has 0 aliphatic rings. The van der Waals surface area contributed by atoms with Crippen LogP contribution in [0.3, 0.4) is 0 Å². The molecule has 3 rings (SSSR count). The van der Waals surface area contributed by atoms with Gasteiger partial charge < -0.3 is 9.30 Å². The van der Waals surface area contributed by atoms with Crippen LogP contribution in [-0.4, -0.2) is 32.6 Å². The van der Waals surface area contributed by atoms with Gasteiger partial charge in [-0.3, -0.25) is 4.98 Å². The van der Waals surface area contributed by atoms with Crippen LogP contribution in [-0.2, 0) is 11.3 Å². The predicted octanol–water partition coefficient (Wildman–Crippen LogP) is 3.28. The van der Waals surface area contributed by atoms with Gasteiger partial charge >= 0.3 is 5.97 Å². The number of nitrogens with zero attached hydrogens (tertiary/aromatic N) is 4. The van der Waals surface area contributed by atoms with Crippen molar-refractivity contribution in [2.75, 3.05) is 7.11 Å². The molecule has 0 bridgehead atoms. The van der Waals surface area contributed by atoms with Gasteiger partial charge in [-0.2, -0.15) is 0 Å². The van der Waals surface area contributed by atoms with Gasteiger partial charge in [-0.05, 0) is 25.1 Å². The number of hydrogen-bond acceptors (Lipinski definition) is 5. The number of hydrogen-bond donors (Lipinski definition) is 0. The van der Waals surface area contributed by atoms with E-state index in [1.807, 2.05) is 11.5 Å². The minimum atomic E-state index is -0.500. The van der Waals surface area contributed by atoms with Crippen LogP contribution >= 0.6 is 23.2 Å². The number of esters is 1. The van der Waals surface area contributed by atoms with Gasteiger partial charge in [-0.25, -0.2) is 14.8 Å². The summed E-state index contributed by atoms with van der Waals surface area (Å²) in [7, 11) is 1.31. The molecule has 6 nitrogen and oxygen atoms in total. The molecule has 0 atom stereocenters. The molecule has 0 aliphatic carbocycles. The highest BCUT2D eigenvalue weighted by Crippen LogP contribution is 2.22. The van der Waals surface area contributed by atoms with Gasteiger partial charge in [0, 0.05) is 6.20 Å². The number of fused-ring (bicyclic) bond motifs is 1. The number of imidazole rings is 1. The Morgan fingerprint density at radius 3 is 2.78 bits per heavy atom. The Bertz CT molecular complexity index is 908. The third-order valence-electron chi connectivity index (χ3n) is 3.37. The standard InChI is InChI=1S/C15H12Cl2N4O2/c1-8-19-11-3-4-12(15(22)23-2)20-14(11)21(8)7-13-10(17)5-9(16)6-18-13/h3-6H,7H2,1-2H3. The molecule has 3 aromatic heterocycles. The van der Waals surface area contributed by atoms with Crippen molar-refractivity contribution in [1.29, 1.82) is 0 Å². The van der Waals surface area contributed by atoms with Crippen molar-refractivity contribution >= 4 is 40.3 Å². The first-order valence-corrected chi connectivity index (χ1v) is 7.47. The van der Waals surface area contributed by atoms with E-state index in [1.165, 1.54) is 13.3 Å². The average molecular weight is 351 g/mol. The molecule has 0 spiro atoms. The molecule has 0 aliphatic heterocycles. The molecule has 0 N–H and O–H groups in total. The van der Waals surface area contributed by atoms with Crippen LogP contribution in [0.4, 0.5) is 0 Å². The molecule has 0 saturated heterocycles. The second-order valence-electron chi connectivity index (χ2n) is 4.86. The van der Waals surface area contributed by atoms with E-state index in [2.05, 4.69) is 15.0 Å². The molecule has 0 amide bonds. The van der Waals surface area contributed by atoms with Gasteiger partial charge in [0.15, 0.2) is 11.3 Å². The lowest BCUT2D eigenvalue weighted by Crippen LogP contribution is -2.08. The van der Waals surface area contributed by atoms with E-state index in [0.717, 1.165) is 5.82 Å². The van der Waals surface area contributed by atoms with Crippen LogP contribution in [0.25, 0.3) is 11.2 Å². The molecule has 23 heavy (non-hydrogen) atoms. The fraction of sp³-hybridized carbons (Fsp3) is 0.200. The summed E-state index contributed by atoms with van der Waals surface area (Å²) in [5, 5.41) is 0.930. The van der Waals surface area contributed by atoms with Crippen molar-refractivity contribution in [3.63, 3.8) is 0 Å². The van der Waals surface area contributed by atoms with Gasteiger partial charge in [0.25, 0.3) is 0 Å². The minimum absolute atomic E-state index is 0.219. The van der Waals surface area contributed by atoms with Crippen molar-refractivity contribution < 1.29 is 9.53 Å². The molecule has 8 heteroatoms. The first kappa shape index (κ1) is 15.7. The van der Waals surface area contributed by atoms with E-state index in [4.69, 9.17) is 27.9 Å². The van der Waals surface area contributed by atoms with Crippen LogP contribution in [0.2, 0.25) is 10.0 Å². The van der Waals surface area contributed by atoms with Crippen molar-refractivity contribution in [2.45, 2.75) is 13.5 Å². The number of halogens is 2. The van der Waals surface area contributed by atoms with Crippen molar-refractivity contribution in [3.8, 4) is 0 Å². The summed E-state index contributed by atoms with van der Waals surface area (Å²) in [6, 6.07) is 4.95. The van der Waals surface area contributed by atoms with Gasteiger partial charge in [0.1, 0.15) is 11.3 Å². The number of ether oxygens (including phenoxy) is 1. The Balaban J connectivity index is 2.08. The Hall–Kier alpha value is -2.18. The normalized spacial score (nSPS) is 11.0. The number of aryl methyl sites for hydroxylation is 1. The molecule has 3 aromatic rings. The predicted molar refractivity (Wildman–Crippen MR) is 87.0 cm³/mol. The molecular weight excluding hydrogens is 339 g/mol. The number of carbonyl (C=O) groups is 1. The third kappa shape index (κ3) is 3.00. The van der Waals surface area contributed by atoms with Crippen LogP contribution < -0.4 is 0 Å². The van der Waals surface area contributed by atoms with Crippen LogP contribution in [0, 0.1) is 6.92 Å². The van der Waals surface area contributed by atoms with Crippen LogP contribution in [0.1, 0.15) is 22.0 Å². The quantitative estimate of drug-likeness (QED) is 0.678. The Labute approximate surface area is 142 Å². The molecule has 3 heterocycles. The number of methoxy groups -OCH3 is 1. The summed E-state index contributed by atoms with van der Waals surface area (Å²) >= 11 is 12.0. The third-order valence-corrected chi connectivity index (χ3v) is 3.90. The maximum absolute atomic E-state index is 11.7. The van der Waals surface area contributed by atoms with Crippen LogP contribution in [0.15, 0.2) is 24.4 Å². The number of rotatable bonds is 3. The van der Waals surface area contributed by atoms with Gasteiger partial charge in [-0.1, -0.05) is 23.2 Å². The Morgan fingerprint density at radius 1 is 1.30 bits per heavy atom. The highest BCUT2D eigenvalue weighted by atomic mass is 35.5. The highest BCUT2D eigenvalue weighted by molar-refractivity contribution is 6.34. The lowest BCUT2D eigenvalue weighted by molar-refractivity contribution is 0.0594. The minimum Gasteiger partial charge on any atom is -0.464 e. The van der Waals surface area contributed by atoms with Gasteiger partial charge in [-0.15, -0.1) is 0 Å². The first-order valence-electron chi connectivity index (χ1n) is 6.71. The van der Waals surface area contributed by atoms with Crippen molar-refractivity contribution in [3.05, 3.63) is 51.7 Å². The molecular formula is C15H12Cl2N4O2. The maximum Gasteiger partial charge on any atom is 0.356 e. The summed E-state index contributed by atoms with van der Waals surface area (Å²) in [4.78, 5) is 24.7. The zero-order valence-corrected chi connectivity index (χ0v) is 13.9. The summed E-state index contributed by atoms with van der Waals surface area (Å²) < 4.78 is 6.54. The fourth-order valence-corrected chi connectivity index (χ4v) is 2.67. The Kier molecular flexibility index (Phi) is 4.19. The van der Waals surface area contributed by atoms with Crippen molar-refractivity contribution in [1.82, 2.24) is 19.5 Å². The molecule has 118 valence electrons. The number of pyridine rings is 2. The SMILES string of the molecule is COC(=O)c1ccc2nc(C)n(Cc3ncc(Cl)cc3Cl)c2n1. The molecule has 0 radical (unpaired) electrons. The summed E-state index contributed by atoms with van der Waals surface area (Å²) in [5.74, 6) is 0.238. The van der Waals surface area contributed by atoms with Crippen LogP contribution in [0.5, 0.6) is 0 Å². The van der Waals surface area contributed by atoms with E-state index in [0.29, 0.717) is 33.4 Å². The zero-order valence-electron chi connectivity index (χ0n) is 12.4. The van der Waals surface area contributed by atoms with E-state index >= 15 is 0 Å². The smallest absolute Gasteiger partial charge is 0.356 e. The fourth-order valence-electron chi connectivity index (χ4n) is 2.23. The molecule has 0 saturated carbocycles. The topological polar surface area (TPSA) is 69.9 Å². The van der Waals surface area contributed by atoms with Crippen molar-refractivity contribution in [2.24, 2.45) is 0 Å². The first-order chi connectivity index (χ1) is 11.0. The van der Waals surface area contributed by atoms with E-state index in [9.17, 15) is 4.79 Å². The van der Waals surface area contributed by atoms with E-state index in [1.54, 1.807) is 18.2 Å². The summed E-state index contributed by atoms with van der Waals surface area (Å²) in [6.07, 6.45) is 1.53. The second-order valence-corrected chi connectivity index (χ2v) is 5.70. The largest absolute Gasteiger partial charge is 0.464 e. The zero-order chi connectivity index (χ0) is 16.6. The second kappa shape index (κ2) is 6.14. The monoisotopic (exact) mass is 350 g/mol. The highest BCUT2D eigenvalue weighted by Gasteiger charge is 2.15. The average Bonchev–Trinajstić information content (AvgIpc) is 2.84.